The molecule has 0 radical (unpaired) electrons. The van der Waals surface area contributed by atoms with Gasteiger partial charge in [-0.25, -0.2) is 4.79 Å². The third-order valence-electron chi connectivity index (χ3n) is 2.74. The van der Waals surface area contributed by atoms with Crippen molar-refractivity contribution >= 4 is 11.9 Å². The largest absolute Gasteiger partial charge is 0.480 e. The van der Waals surface area contributed by atoms with Gasteiger partial charge < -0.3 is 16.2 Å². The Hall–Kier alpha value is -1.10. The Labute approximate surface area is 82.7 Å². The van der Waals surface area contributed by atoms with E-state index >= 15 is 0 Å². The van der Waals surface area contributed by atoms with Crippen molar-refractivity contribution in [2.75, 3.05) is 6.54 Å². The summed E-state index contributed by atoms with van der Waals surface area (Å²) in [4.78, 5) is 22.2. The quantitative estimate of drug-likeness (QED) is 0.568. The highest BCUT2D eigenvalue weighted by molar-refractivity contribution is 5.89. The lowest BCUT2D eigenvalue weighted by Gasteiger charge is -2.17. The molecule has 1 unspecified atom stereocenters. The van der Waals surface area contributed by atoms with Crippen LogP contribution in [0.1, 0.15) is 26.2 Å². The molecule has 0 bridgehead atoms. The zero-order valence-electron chi connectivity index (χ0n) is 8.25. The van der Waals surface area contributed by atoms with Crippen molar-refractivity contribution in [3.63, 3.8) is 0 Å². The van der Waals surface area contributed by atoms with Crippen molar-refractivity contribution < 1.29 is 14.7 Å². The molecule has 5 heteroatoms. The van der Waals surface area contributed by atoms with E-state index in [1.54, 1.807) is 6.92 Å². The Bertz CT molecular complexity index is 248. The van der Waals surface area contributed by atoms with E-state index < -0.39 is 17.4 Å². The summed E-state index contributed by atoms with van der Waals surface area (Å²) in [6, 6.07) is -0.786. The zero-order chi connectivity index (χ0) is 10.8. The number of carboxylic acid groups (broad SMARTS) is 1. The fourth-order valence-corrected chi connectivity index (χ4v) is 1.32. The van der Waals surface area contributed by atoms with Gasteiger partial charge in [0.2, 0.25) is 5.91 Å². The van der Waals surface area contributed by atoms with Crippen LogP contribution in [0, 0.1) is 5.41 Å². The second-order valence-corrected chi connectivity index (χ2v) is 3.76. The van der Waals surface area contributed by atoms with Gasteiger partial charge in [0.15, 0.2) is 0 Å². The number of carbonyl (C=O) groups is 2. The van der Waals surface area contributed by atoms with Crippen LogP contribution in [0.25, 0.3) is 0 Å². The van der Waals surface area contributed by atoms with Gasteiger partial charge in [-0.2, -0.15) is 0 Å². The topological polar surface area (TPSA) is 92.4 Å². The number of nitrogens with two attached hydrogens (primary N) is 1. The maximum atomic E-state index is 11.6. The molecule has 5 nitrogen and oxygen atoms in total. The first-order valence-corrected chi connectivity index (χ1v) is 4.79. The fourth-order valence-electron chi connectivity index (χ4n) is 1.32. The summed E-state index contributed by atoms with van der Waals surface area (Å²) in [5, 5.41) is 11.2. The molecule has 0 aliphatic heterocycles. The van der Waals surface area contributed by atoms with E-state index in [1.807, 2.05) is 0 Å². The third-order valence-corrected chi connectivity index (χ3v) is 2.74. The van der Waals surface area contributed by atoms with Gasteiger partial charge in [0, 0.05) is 6.54 Å². The molecule has 1 fully saturated rings. The lowest BCUT2D eigenvalue weighted by molar-refractivity contribution is -0.142. The molecular formula is C9H16N2O3. The van der Waals surface area contributed by atoms with Gasteiger partial charge >= 0.3 is 5.97 Å². The molecule has 1 atom stereocenters. The number of rotatable bonds is 5. The predicted octanol–water partition coefficient (Wildman–Crippen LogP) is -0.295. The molecule has 0 spiro atoms. The minimum Gasteiger partial charge on any atom is -0.480 e. The summed E-state index contributed by atoms with van der Waals surface area (Å²) in [5.74, 6) is -1.21. The molecule has 0 aromatic carbocycles. The summed E-state index contributed by atoms with van der Waals surface area (Å²) in [6.07, 6.45) is 1.93. The van der Waals surface area contributed by atoms with Gasteiger partial charge in [0.1, 0.15) is 6.04 Å². The van der Waals surface area contributed by atoms with Gasteiger partial charge in [-0.05, 0) is 19.3 Å². The molecule has 4 N–H and O–H groups in total. The molecule has 1 saturated carbocycles. The van der Waals surface area contributed by atoms with E-state index in [0.717, 1.165) is 12.8 Å². The smallest absolute Gasteiger partial charge is 0.326 e. The molecule has 0 aromatic heterocycles. The Morgan fingerprint density at radius 1 is 1.57 bits per heavy atom. The third kappa shape index (κ3) is 2.04. The maximum Gasteiger partial charge on any atom is 0.326 e. The van der Waals surface area contributed by atoms with Crippen molar-refractivity contribution in [2.45, 2.75) is 32.2 Å². The van der Waals surface area contributed by atoms with Gasteiger partial charge in [-0.1, -0.05) is 6.92 Å². The van der Waals surface area contributed by atoms with Crippen LogP contribution in [0.2, 0.25) is 0 Å². The minimum atomic E-state index is -0.992. The Balaban J connectivity index is 2.51. The maximum absolute atomic E-state index is 11.6. The van der Waals surface area contributed by atoms with Crippen molar-refractivity contribution in [1.29, 1.82) is 0 Å². The molecule has 14 heavy (non-hydrogen) atoms. The Kier molecular flexibility index (Phi) is 3.10. The number of nitrogens with one attached hydrogen (secondary N) is 1. The molecule has 80 valence electrons. The number of carboxylic acids is 1. The van der Waals surface area contributed by atoms with Crippen molar-refractivity contribution in [1.82, 2.24) is 5.32 Å². The second kappa shape index (κ2) is 3.96. The molecular weight excluding hydrogens is 184 g/mol. The van der Waals surface area contributed by atoms with Crippen LogP contribution in [0.4, 0.5) is 0 Å². The average molecular weight is 200 g/mol. The molecule has 0 heterocycles. The Morgan fingerprint density at radius 3 is 2.43 bits per heavy atom. The molecule has 1 aliphatic carbocycles. The van der Waals surface area contributed by atoms with Crippen LogP contribution in [-0.2, 0) is 9.59 Å². The van der Waals surface area contributed by atoms with Crippen molar-refractivity contribution in [3.05, 3.63) is 0 Å². The predicted molar refractivity (Wildman–Crippen MR) is 50.6 cm³/mol. The van der Waals surface area contributed by atoms with E-state index in [-0.39, 0.29) is 5.91 Å². The molecule has 0 saturated heterocycles. The van der Waals surface area contributed by atoms with E-state index in [1.165, 1.54) is 0 Å². The number of hydrogen-bond donors (Lipinski definition) is 3. The highest BCUT2D eigenvalue weighted by Crippen LogP contribution is 2.44. The summed E-state index contributed by atoms with van der Waals surface area (Å²) >= 11 is 0. The van der Waals surface area contributed by atoms with Crippen LogP contribution in [0.5, 0.6) is 0 Å². The van der Waals surface area contributed by atoms with E-state index in [0.29, 0.717) is 13.0 Å². The average Bonchev–Trinajstić information content (AvgIpc) is 2.93. The molecule has 1 amide bonds. The first kappa shape index (κ1) is 11.0. The number of amides is 1. The van der Waals surface area contributed by atoms with Crippen molar-refractivity contribution in [2.24, 2.45) is 11.1 Å². The van der Waals surface area contributed by atoms with E-state index in [9.17, 15) is 9.59 Å². The first-order chi connectivity index (χ1) is 6.55. The van der Waals surface area contributed by atoms with E-state index in [4.69, 9.17) is 10.8 Å². The van der Waals surface area contributed by atoms with Crippen molar-refractivity contribution in [3.8, 4) is 0 Å². The summed E-state index contributed by atoms with van der Waals surface area (Å²) in [5.41, 5.74) is 4.99. The fraction of sp³-hybridized carbons (Fsp3) is 0.778. The van der Waals surface area contributed by atoms with Crippen LogP contribution in [0.3, 0.4) is 0 Å². The standard InChI is InChI=1S/C9H16N2O3/c1-2-6(7(12)13)11-8(14)9(5-10)3-4-9/h6H,2-5,10H2,1H3,(H,11,14)(H,12,13). The van der Waals surface area contributed by atoms with Gasteiger partial charge in [-0.3, -0.25) is 4.79 Å². The number of carbonyl (C=O) groups excluding carboxylic acids is 1. The molecule has 1 aliphatic rings. The number of aliphatic carboxylic acids is 1. The Morgan fingerprint density at radius 2 is 2.14 bits per heavy atom. The summed E-state index contributed by atoms with van der Waals surface area (Å²) in [7, 11) is 0. The van der Waals surface area contributed by atoms with Gasteiger partial charge in [-0.15, -0.1) is 0 Å². The normalized spacial score (nSPS) is 19.9. The lowest BCUT2D eigenvalue weighted by atomic mass is 10.1. The van der Waals surface area contributed by atoms with Crippen LogP contribution >= 0.6 is 0 Å². The SMILES string of the molecule is CCC(NC(=O)C1(CN)CC1)C(=O)O. The monoisotopic (exact) mass is 200 g/mol. The van der Waals surface area contributed by atoms with Crippen LogP contribution in [-0.4, -0.2) is 29.6 Å². The number of hydrogen-bond acceptors (Lipinski definition) is 3. The zero-order valence-corrected chi connectivity index (χ0v) is 8.25. The summed E-state index contributed by atoms with van der Waals surface area (Å²) in [6.45, 7) is 2.02. The van der Waals surface area contributed by atoms with Gasteiger partial charge in [0.05, 0.1) is 5.41 Å². The molecule has 0 aromatic rings. The minimum absolute atomic E-state index is 0.214. The lowest BCUT2D eigenvalue weighted by Crippen LogP contribution is -2.45. The second-order valence-electron chi connectivity index (χ2n) is 3.76. The van der Waals surface area contributed by atoms with Crippen LogP contribution < -0.4 is 11.1 Å². The van der Waals surface area contributed by atoms with Crippen LogP contribution in [0.15, 0.2) is 0 Å². The van der Waals surface area contributed by atoms with Gasteiger partial charge in [0.25, 0.3) is 0 Å². The van der Waals surface area contributed by atoms with E-state index in [2.05, 4.69) is 5.32 Å². The highest BCUT2D eigenvalue weighted by Gasteiger charge is 2.49. The molecule has 1 rings (SSSR count). The first-order valence-electron chi connectivity index (χ1n) is 4.79. The highest BCUT2D eigenvalue weighted by atomic mass is 16.4. The summed E-state index contributed by atoms with van der Waals surface area (Å²) < 4.78 is 0.